The van der Waals surface area contributed by atoms with E-state index in [1.807, 2.05) is 27.7 Å². The Hall–Kier alpha value is 0.320. The van der Waals surface area contributed by atoms with Crippen molar-refractivity contribution in [3.05, 3.63) is 0 Å². The van der Waals surface area contributed by atoms with E-state index in [1.54, 1.807) is 0 Å². The van der Waals surface area contributed by atoms with Gasteiger partial charge in [0, 0.05) is 0 Å². The number of hydrogen-bond donors (Lipinski definition) is 1. The molecule has 0 saturated carbocycles. The second kappa shape index (κ2) is 2.94. The highest BCUT2D eigenvalue weighted by Gasteiger charge is 2.42. The van der Waals surface area contributed by atoms with Crippen LogP contribution in [-0.4, -0.2) is 11.3 Å². The van der Waals surface area contributed by atoms with Crippen LogP contribution in [0, 0.1) is 0 Å². The van der Waals surface area contributed by atoms with Crippen LogP contribution in [0.5, 0.6) is 0 Å². The van der Waals surface area contributed by atoms with Gasteiger partial charge in [-0.15, -0.1) is 0 Å². The normalized spacial score (nSPS) is 13.3. The van der Waals surface area contributed by atoms with E-state index < -0.39 is 7.72 Å². The number of hydrogen-bond acceptors (Lipinski definition) is 1. The van der Waals surface area contributed by atoms with E-state index in [-0.39, 0.29) is 11.3 Å². The van der Waals surface area contributed by atoms with Crippen molar-refractivity contribution >= 4 is 7.72 Å². The Morgan fingerprint density at radius 2 is 1.33 bits per heavy atom. The SMILES string of the molecule is CC(C)[P+](N)(F)C(C)C. The molecule has 0 unspecified atom stereocenters. The van der Waals surface area contributed by atoms with E-state index in [9.17, 15) is 4.20 Å². The lowest BCUT2D eigenvalue weighted by Crippen LogP contribution is -2.18. The van der Waals surface area contributed by atoms with Crippen molar-refractivity contribution in [3.8, 4) is 0 Å². The Balaban J connectivity index is 4.01. The van der Waals surface area contributed by atoms with Crippen LogP contribution in [0.2, 0.25) is 0 Å². The maximum Gasteiger partial charge on any atom is 0.272 e. The summed E-state index contributed by atoms with van der Waals surface area (Å²) in [6, 6.07) is 0. The predicted octanol–water partition coefficient (Wildman–Crippen LogP) is 2.58. The van der Waals surface area contributed by atoms with Crippen molar-refractivity contribution in [2.45, 2.75) is 39.0 Å². The first-order valence-corrected chi connectivity index (χ1v) is 5.14. The Labute approximate surface area is 57.3 Å². The number of rotatable bonds is 2. The maximum atomic E-state index is 13.2. The molecular weight excluding hydrogens is 136 g/mol. The van der Waals surface area contributed by atoms with Gasteiger partial charge in [-0.1, -0.05) is 0 Å². The minimum Gasteiger partial charge on any atom is -0.174 e. The molecule has 9 heavy (non-hydrogen) atoms. The van der Waals surface area contributed by atoms with Crippen LogP contribution in [0.3, 0.4) is 0 Å². The first-order chi connectivity index (χ1) is 3.89. The monoisotopic (exact) mass is 152 g/mol. The minimum absolute atomic E-state index is 0.0116. The Morgan fingerprint density at radius 1 is 1.11 bits per heavy atom. The lowest BCUT2D eigenvalue weighted by Gasteiger charge is -2.17. The van der Waals surface area contributed by atoms with E-state index >= 15 is 0 Å². The summed E-state index contributed by atoms with van der Waals surface area (Å²) in [5, 5.41) is 0. The predicted molar refractivity (Wildman–Crippen MR) is 42.5 cm³/mol. The Kier molecular flexibility index (Phi) is 3.04. The molecule has 0 radical (unpaired) electrons. The fourth-order valence-electron chi connectivity index (χ4n) is 0.596. The van der Waals surface area contributed by atoms with Crippen LogP contribution in [-0.2, 0) is 0 Å². The molecule has 56 valence electrons. The smallest absolute Gasteiger partial charge is 0.174 e. The molecule has 2 N–H and O–H groups in total. The molecule has 0 bridgehead atoms. The molecule has 0 heterocycles. The minimum atomic E-state index is -2.59. The van der Waals surface area contributed by atoms with Gasteiger partial charge in [-0.2, -0.15) is 5.50 Å². The molecule has 0 aromatic rings. The largest absolute Gasteiger partial charge is 0.272 e. The molecular formula is C6H16FNP+. The van der Waals surface area contributed by atoms with Crippen LogP contribution in [0.4, 0.5) is 4.20 Å². The van der Waals surface area contributed by atoms with Crippen LogP contribution in [0.15, 0.2) is 0 Å². The highest BCUT2D eigenvalue weighted by molar-refractivity contribution is 7.69. The summed E-state index contributed by atoms with van der Waals surface area (Å²) >= 11 is 0. The molecule has 1 nitrogen and oxygen atoms in total. The maximum absolute atomic E-state index is 13.2. The Bertz CT molecular complexity index is 81.1. The summed E-state index contributed by atoms with van der Waals surface area (Å²) in [6.07, 6.45) is 0. The molecule has 0 aromatic carbocycles. The molecule has 0 saturated heterocycles. The van der Waals surface area contributed by atoms with Crippen LogP contribution < -0.4 is 5.50 Å². The molecule has 0 aliphatic carbocycles. The summed E-state index contributed by atoms with van der Waals surface area (Å²) in [7, 11) is -2.59. The first kappa shape index (κ1) is 9.32. The summed E-state index contributed by atoms with van der Waals surface area (Å²) in [4.78, 5) is 0. The summed E-state index contributed by atoms with van der Waals surface area (Å²) in [5.74, 6) is 0. The highest BCUT2D eigenvalue weighted by Crippen LogP contribution is 2.60. The molecule has 0 atom stereocenters. The standard InChI is InChI=1S/C6H16FNP/c1-5(2)9(7,8)6(3)4/h5-6H,8H2,1-4H3/q+1. The van der Waals surface area contributed by atoms with Gasteiger partial charge in [-0.25, -0.2) is 0 Å². The topological polar surface area (TPSA) is 26.0 Å². The third kappa shape index (κ3) is 2.19. The van der Waals surface area contributed by atoms with Gasteiger partial charge in [0.2, 0.25) is 0 Å². The van der Waals surface area contributed by atoms with Crippen molar-refractivity contribution < 1.29 is 4.20 Å². The van der Waals surface area contributed by atoms with E-state index in [0.29, 0.717) is 0 Å². The molecule has 3 heteroatoms. The highest BCUT2D eigenvalue weighted by atomic mass is 31.2. The van der Waals surface area contributed by atoms with Crippen molar-refractivity contribution in [1.82, 2.24) is 0 Å². The molecule has 0 fully saturated rings. The van der Waals surface area contributed by atoms with Gasteiger partial charge in [0.05, 0.1) is 0 Å². The van der Waals surface area contributed by atoms with Crippen molar-refractivity contribution in [2.75, 3.05) is 0 Å². The van der Waals surface area contributed by atoms with E-state index in [2.05, 4.69) is 0 Å². The van der Waals surface area contributed by atoms with Crippen LogP contribution in [0.1, 0.15) is 27.7 Å². The molecule has 0 aliphatic rings. The van der Waals surface area contributed by atoms with Gasteiger partial charge in [-0.05, 0) is 31.9 Å². The fraction of sp³-hybridized carbons (Fsp3) is 1.00. The van der Waals surface area contributed by atoms with Gasteiger partial charge in [-0.3, -0.25) is 0 Å². The first-order valence-electron chi connectivity index (χ1n) is 3.25. The Morgan fingerprint density at radius 3 is 1.33 bits per heavy atom. The molecule has 0 spiro atoms. The third-order valence-corrected chi connectivity index (χ3v) is 4.75. The molecule has 0 aliphatic heterocycles. The van der Waals surface area contributed by atoms with E-state index in [4.69, 9.17) is 5.50 Å². The van der Waals surface area contributed by atoms with Crippen LogP contribution in [0.25, 0.3) is 0 Å². The lowest BCUT2D eigenvalue weighted by molar-refractivity contribution is 0.773. The van der Waals surface area contributed by atoms with Gasteiger partial charge >= 0.3 is 0 Å². The third-order valence-electron chi connectivity index (χ3n) is 1.58. The lowest BCUT2D eigenvalue weighted by atomic mass is 10.5. The zero-order chi connectivity index (χ0) is 7.65. The summed E-state index contributed by atoms with van der Waals surface area (Å²) in [6.45, 7) is 7.36. The molecule has 0 amide bonds. The molecule has 0 aromatic heterocycles. The average molecular weight is 152 g/mol. The zero-order valence-electron chi connectivity index (χ0n) is 6.56. The zero-order valence-corrected chi connectivity index (χ0v) is 7.45. The molecule has 0 rings (SSSR count). The van der Waals surface area contributed by atoms with E-state index in [1.165, 1.54) is 0 Å². The van der Waals surface area contributed by atoms with Crippen LogP contribution >= 0.6 is 7.72 Å². The van der Waals surface area contributed by atoms with Gasteiger partial charge in [0.25, 0.3) is 7.72 Å². The fourth-order valence-corrected chi connectivity index (χ4v) is 1.79. The van der Waals surface area contributed by atoms with Gasteiger partial charge in [0.15, 0.2) is 0 Å². The van der Waals surface area contributed by atoms with Crippen molar-refractivity contribution in [2.24, 2.45) is 5.50 Å². The summed E-state index contributed by atoms with van der Waals surface area (Å²) in [5.41, 5.74) is 5.47. The number of nitrogens with two attached hydrogens (primary N) is 1. The second-order valence-electron chi connectivity index (χ2n) is 2.93. The quantitative estimate of drug-likeness (QED) is 0.604. The number of halogens is 1. The summed E-state index contributed by atoms with van der Waals surface area (Å²) < 4.78 is 13.2. The van der Waals surface area contributed by atoms with E-state index in [0.717, 1.165) is 0 Å². The van der Waals surface area contributed by atoms with Gasteiger partial charge < -0.3 is 0 Å². The average Bonchev–Trinajstić information content (AvgIpc) is 1.65. The van der Waals surface area contributed by atoms with Crippen molar-refractivity contribution in [3.63, 3.8) is 0 Å². The second-order valence-corrected chi connectivity index (χ2v) is 6.47. The van der Waals surface area contributed by atoms with Crippen molar-refractivity contribution in [1.29, 1.82) is 0 Å². The van der Waals surface area contributed by atoms with Gasteiger partial charge in [0.1, 0.15) is 11.3 Å².